The summed E-state index contributed by atoms with van der Waals surface area (Å²) >= 11 is 0. The van der Waals surface area contributed by atoms with Crippen LogP contribution in [0.3, 0.4) is 0 Å². The van der Waals surface area contributed by atoms with Gasteiger partial charge in [-0.25, -0.2) is 4.39 Å². The van der Waals surface area contributed by atoms with E-state index in [2.05, 4.69) is 5.32 Å². The van der Waals surface area contributed by atoms with Crippen LogP contribution in [0, 0.1) is 11.2 Å². The smallest absolute Gasteiger partial charge is 0.303 e. The minimum Gasteiger partial charge on any atom is -0.507 e. The van der Waals surface area contributed by atoms with Gasteiger partial charge >= 0.3 is 5.97 Å². The van der Waals surface area contributed by atoms with Crippen molar-refractivity contribution in [3.05, 3.63) is 29.6 Å². The van der Waals surface area contributed by atoms with Gasteiger partial charge in [0.25, 0.3) is 5.91 Å². The number of nitrogens with one attached hydrogen (secondary N) is 1. The Bertz CT molecular complexity index is 528. The highest BCUT2D eigenvalue weighted by Crippen LogP contribution is 2.26. The summed E-state index contributed by atoms with van der Waals surface area (Å²) in [6, 6.07) is 3.17. The first kappa shape index (κ1) is 16.9. The van der Waals surface area contributed by atoms with Crippen molar-refractivity contribution in [1.29, 1.82) is 0 Å². The number of carboxylic acids is 1. The molecule has 0 heterocycles. The molecule has 0 unspecified atom stereocenters. The molecule has 0 aliphatic heterocycles. The number of benzene rings is 1. The zero-order valence-corrected chi connectivity index (χ0v) is 12.1. The van der Waals surface area contributed by atoms with Crippen LogP contribution in [0.2, 0.25) is 0 Å². The molecule has 1 aromatic carbocycles. The van der Waals surface area contributed by atoms with E-state index in [1.54, 1.807) is 0 Å². The van der Waals surface area contributed by atoms with E-state index in [0.29, 0.717) is 19.4 Å². The van der Waals surface area contributed by atoms with Gasteiger partial charge in [-0.2, -0.15) is 0 Å². The third-order valence-corrected chi connectivity index (χ3v) is 3.31. The molecule has 21 heavy (non-hydrogen) atoms. The number of aliphatic carboxylic acids is 1. The maximum absolute atomic E-state index is 13.0. The molecule has 0 fully saturated rings. The first-order valence-corrected chi connectivity index (χ1v) is 6.70. The Hall–Kier alpha value is -2.11. The standard InChI is InChI=1S/C15H20FNO4/c1-15(2,6-5-13(19)20)7-8-17-14(21)11-9-10(16)3-4-12(11)18/h3-4,9,18H,5-8H2,1-2H3,(H,17,21)(H,19,20). The van der Waals surface area contributed by atoms with Crippen molar-refractivity contribution in [3.63, 3.8) is 0 Å². The summed E-state index contributed by atoms with van der Waals surface area (Å²) < 4.78 is 13.0. The van der Waals surface area contributed by atoms with Crippen molar-refractivity contribution in [2.75, 3.05) is 6.54 Å². The van der Waals surface area contributed by atoms with Crippen LogP contribution >= 0.6 is 0 Å². The van der Waals surface area contributed by atoms with E-state index in [1.807, 2.05) is 13.8 Å². The molecule has 0 aliphatic rings. The number of amides is 1. The number of carbonyl (C=O) groups is 2. The highest BCUT2D eigenvalue weighted by atomic mass is 19.1. The van der Waals surface area contributed by atoms with E-state index < -0.39 is 17.7 Å². The van der Waals surface area contributed by atoms with Gasteiger partial charge in [0.05, 0.1) is 5.56 Å². The molecule has 1 rings (SSSR count). The van der Waals surface area contributed by atoms with Gasteiger partial charge in [-0.15, -0.1) is 0 Å². The Morgan fingerprint density at radius 3 is 2.57 bits per heavy atom. The van der Waals surface area contributed by atoms with Gasteiger partial charge in [-0.1, -0.05) is 13.8 Å². The van der Waals surface area contributed by atoms with E-state index in [-0.39, 0.29) is 23.1 Å². The predicted octanol–water partition coefficient (Wildman–Crippen LogP) is 2.54. The van der Waals surface area contributed by atoms with Crippen LogP contribution in [0.5, 0.6) is 5.75 Å². The zero-order chi connectivity index (χ0) is 16.0. The summed E-state index contributed by atoms with van der Waals surface area (Å²) in [6.07, 6.45) is 1.16. The molecule has 0 saturated carbocycles. The van der Waals surface area contributed by atoms with Gasteiger partial charge in [0, 0.05) is 13.0 Å². The molecule has 0 spiro atoms. The van der Waals surface area contributed by atoms with Crippen molar-refractivity contribution >= 4 is 11.9 Å². The summed E-state index contributed by atoms with van der Waals surface area (Å²) in [7, 11) is 0. The van der Waals surface area contributed by atoms with Crippen LogP contribution in [0.15, 0.2) is 18.2 Å². The van der Waals surface area contributed by atoms with Gasteiger partial charge in [0.1, 0.15) is 11.6 Å². The second-order valence-corrected chi connectivity index (χ2v) is 5.73. The van der Waals surface area contributed by atoms with E-state index in [0.717, 1.165) is 18.2 Å². The second kappa shape index (κ2) is 7.06. The lowest BCUT2D eigenvalue weighted by molar-refractivity contribution is -0.137. The van der Waals surface area contributed by atoms with E-state index in [4.69, 9.17) is 5.11 Å². The molecule has 0 saturated heterocycles. The Labute approximate surface area is 122 Å². The number of hydrogen-bond donors (Lipinski definition) is 3. The summed E-state index contributed by atoms with van der Waals surface area (Å²) in [5.74, 6) is -2.28. The SMILES string of the molecule is CC(C)(CCNC(=O)c1cc(F)ccc1O)CCC(=O)O. The van der Waals surface area contributed by atoms with Gasteiger partial charge in [0.2, 0.25) is 0 Å². The average Bonchev–Trinajstić information content (AvgIpc) is 2.39. The van der Waals surface area contributed by atoms with Crippen LogP contribution < -0.4 is 5.32 Å². The molecule has 1 aromatic rings. The molecule has 0 bridgehead atoms. The second-order valence-electron chi connectivity index (χ2n) is 5.73. The van der Waals surface area contributed by atoms with Crippen molar-refractivity contribution in [2.45, 2.75) is 33.1 Å². The number of hydrogen-bond acceptors (Lipinski definition) is 3. The van der Waals surface area contributed by atoms with Crippen LogP contribution in [-0.2, 0) is 4.79 Å². The molecule has 0 aliphatic carbocycles. The summed E-state index contributed by atoms with van der Waals surface area (Å²) in [4.78, 5) is 22.4. The molecular weight excluding hydrogens is 277 g/mol. The molecule has 1 amide bonds. The predicted molar refractivity (Wildman–Crippen MR) is 75.7 cm³/mol. The average molecular weight is 297 g/mol. The largest absolute Gasteiger partial charge is 0.507 e. The lowest BCUT2D eigenvalue weighted by Gasteiger charge is -2.23. The monoisotopic (exact) mass is 297 g/mol. The zero-order valence-electron chi connectivity index (χ0n) is 12.1. The fraction of sp³-hybridized carbons (Fsp3) is 0.467. The summed E-state index contributed by atoms with van der Waals surface area (Å²) in [5.41, 5.74) is -0.339. The Balaban J connectivity index is 2.50. The lowest BCUT2D eigenvalue weighted by Crippen LogP contribution is -2.28. The molecule has 3 N–H and O–H groups in total. The van der Waals surface area contributed by atoms with E-state index in [9.17, 15) is 19.1 Å². The van der Waals surface area contributed by atoms with Crippen LogP contribution in [-0.4, -0.2) is 28.6 Å². The number of halogens is 1. The molecule has 116 valence electrons. The maximum Gasteiger partial charge on any atom is 0.303 e. The molecule has 0 aromatic heterocycles. The Morgan fingerprint density at radius 1 is 1.29 bits per heavy atom. The highest BCUT2D eigenvalue weighted by Gasteiger charge is 2.20. The maximum atomic E-state index is 13.0. The minimum atomic E-state index is -0.850. The van der Waals surface area contributed by atoms with Crippen molar-refractivity contribution < 1.29 is 24.2 Å². The molecule has 0 radical (unpaired) electrons. The number of carboxylic acid groups (broad SMARTS) is 1. The normalized spacial score (nSPS) is 11.2. The van der Waals surface area contributed by atoms with E-state index in [1.165, 1.54) is 0 Å². The molecular formula is C15H20FNO4. The first-order valence-electron chi connectivity index (χ1n) is 6.70. The fourth-order valence-corrected chi connectivity index (χ4v) is 1.87. The topological polar surface area (TPSA) is 86.6 Å². The van der Waals surface area contributed by atoms with Crippen LogP contribution in [0.25, 0.3) is 0 Å². The number of phenolic OH excluding ortho intramolecular Hbond substituents is 1. The van der Waals surface area contributed by atoms with Crippen LogP contribution in [0.4, 0.5) is 4.39 Å². The van der Waals surface area contributed by atoms with Gasteiger partial charge in [0.15, 0.2) is 0 Å². The number of carbonyl (C=O) groups excluding carboxylic acids is 1. The van der Waals surface area contributed by atoms with Crippen molar-refractivity contribution in [1.82, 2.24) is 5.32 Å². The van der Waals surface area contributed by atoms with Crippen molar-refractivity contribution in [2.24, 2.45) is 5.41 Å². The summed E-state index contributed by atoms with van der Waals surface area (Å²) in [6.45, 7) is 4.16. The number of phenols is 1. The lowest BCUT2D eigenvalue weighted by atomic mass is 9.84. The third-order valence-electron chi connectivity index (χ3n) is 3.31. The minimum absolute atomic E-state index is 0.0750. The Kier molecular flexibility index (Phi) is 5.69. The first-order chi connectivity index (χ1) is 9.71. The van der Waals surface area contributed by atoms with Gasteiger partial charge in [-0.05, 0) is 36.5 Å². The van der Waals surface area contributed by atoms with Crippen LogP contribution in [0.1, 0.15) is 43.5 Å². The third kappa shape index (κ3) is 5.81. The molecule has 6 heteroatoms. The number of rotatable bonds is 7. The van der Waals surface area contributed by atoms with E-state index >= 15 is 0 Å². The quantitative estimate of drug-likeness (QED) is 0.722. The Morgan fingerprint density at radius 2 is 1.95 bits per heavy atom. The van der Waals surface area contributed by atoms with Gasteiger partial charge < -0.3 is 15.5 Å². The van der Waals surface area contributed by atoms with Crippen molar-refractivity contribution in [3.8, 4) is 5.75 Å². The van der Waals surface area contributed by atoms with Gasteiger partial charge in [-0.3, -0.25) is 9.59 Å². The highest BCUT2D eigenvalue weighted by molar-refractivity contribution is 5.96. The number of aromatic hydroxyl groups is 1. The molecule has 0 atom stereocenters. The summed E-state index contributed by atoms with van der Waals surface area (Å²) in [5, 5.41) is 20.8. The fourth-order valence-electron chi connectivity index (χ4n) is 1.87. The molecule has 5 nitrogen and oxygen atoms in total.